The van der Waals surface area contributed by atoms with Crippen LogP contribution in [-0.2, 0) is 0 Å². The molecule has 0 radical (unpaired) electrons. The van der Waals surface area contributed by atoms with Crippen molar-refractivity contribution in [2.75, 3.05) is 0 Å². The van der Waals surface area contributed by atoms with Crippen LogP contribution in [0.5, 0.6) is 0 Å². The van der Waals surface area contributed by atoms with Crippen molar-refractivity contribution in [3.63, 3.8) is 0 Å². The maximum absolute atomic E-state index is 8.70. The van der Waals surface area contributed by atoms with E-state index in [9.17, 15) is 0 Å². The van der Waals surface area contributed by atoms with Gasteiger partial charge in [-0.25, -0.2) is 0 Å². The van der Waals surface area contributed by atoms with E-state index in [2.05, 4.69) is 4.79 Å². The van der Waals surface area contributed by atoms with Crippen molar-refractivity contribution in [1.29, 1.82) is 0 Å². The first-order chi connectivity index (χ1) is 8.70. The van der Waals surface area contributed by atoms with Gasteiger partial charge >= 0.3 is 0 Å². The van der Waals surface area contributed by atoms with Crippen LogP contribution in [0.25, 0.3) is 5.53 Å². The summed E-state index contributed by atoms with van der Waals surface area (Å²) in [7, 11) is 12.1. The van der Waals surface area contributed by atoms with Gasteiger partial charge in [0.25, 0.3) is 5.71 Å². The molecule has 0 saturated heterocycles. The quantitative estimate of drug-likeness (QED) is 0.422. The van der Waals surface area contributed by atoms with Gasteiger partial charge < -0.3 is 5.53 Å². The second-order valence-corrected chi connectivity index (χ2v) is 10.6. The van der Waals surface area contributed by atoms with Crippen LogP contribution in [0.3, 0.4) is 0 Å². The topological polar surface area (TPSA) is 36.4 Å². The van der Waals surface area contributed by atoms with Crippen LogP contribution >= 0.6 is 39.6 Å². The molecule has 1 aliphatic rings. The van der Waals surface area contributed by atoms with Crippen molar-refractivity contribution in [3.8, 4) is 0 Å². The number of rotatable bonds is 3. The molecule has 94 valence electrons. The zero-order chi connectivity index (χ0) is 13.0. The summed E-state index contributed by atoms with van der Waals surface area (Å²) in [5, 5.41) is 0. The van der Waals surface area contributed by atoms with Crippen LogP contribution in [0.4, 0.5) is 0 Å². The summed E-state index contributed by atoms with van der Waals surface area (Å²) in [6, 6.07) is 9.78. The molecule has 1 unspecified atom stereocenters. The van der Waals surface area contributed by atoms with Gasteiger partial charge in [-0.05, 0) is 47.8 Å². The molecule has 2 nitrogen and oxygen atoms in total. The average Bonchev–Trinajstić information content (AvgIpc) is 2.47. The third kappa shape index (κ3) is 2.68. The molecule has 0 fully saturated rings. The molecule has 0 bridgehead atoms. The summed E-state index contributed by atoms with van der Waals surface area (Å²) in [5.74, 6) is 0. The Bertz CT molecular complexity index is 550. The lowest BCUT2D eigenvalue weighted by molar-refractivity contribution is -0.00538. The third-order valence-electron chi connectivity index (χ3n) is 2.52. The predicted octanol–water partition coefficient (Wildman–Crippen LogP) is 5.32. The van der Waals surface area contributed by atoms with Gasteiger partial charge in [-0.2, -0.15) is 4.79 Å². The molecule has 6 heteroatoms. The van der Waals surface area contributed by atoms with Crippen LogP contribution in [0.15, 0.2) is 58.4 Å². The molecule has 2 rings (SSSR count). The van der Waals surface area contributed by atoms with Crippen molar-refractivity contribution in [3.05, 3.63) is 59.0 Å². The Hall–Kier alpha value is -0.640. The number of allylic oxidation sites excluding steroid dienone is 3. The molecule has 0 aromatic heterocycles. The Morgan fingerprint density at radius 2 is 1.94 bits per heavy atom. The largest absolute Gasteiger partial charge is 0.361 e. The Kier molecular flexibility index (Phi) is 4.60. The van der Waals surface area contributed by atoms with Gasteiger partial charge in [0.2, 0.25) is 0 Å². The van der Waals surface area contributed by atoms with E-state index in [4.69, 9.17) is 26.9 Å². The average molecular weight is 317 g/mol. The van der Waals surface area contributed by atoms with E-state index in [0.717, 1.165) is 19.8 Å². The van der Waals surface area contributed by atoms with E-state index in [1.807, 2.05) is 42.5 Å². The molecular formula is C12H10Cl2N2S2. The molecule has 0 saturated carbocycles. The molecule has 0 amide bonds. The highest BCUT2D eigenvalue weighted by molar-refractivity contribution is 9.09. The molecule has 1 aromatic carbocycles. The molecule has 0 N–H and O–H groups in total. The van der Waals surface area contributed by atoms with Gasteiger partial charge in [0.1, 0.15) is 0 Å². The van der Waals surface area contributed by atoms with Crippen molar-refractivity contribution in [2.45, 2.75) is 11.3 Å². The van der Waals surface area contributed by atoms with Crippen molar-refractivity contribution in [1.82, 2.24) is 0 Å². The fourth-order valence-electron chi connectivity index (χ4n) is 1.59. The summed E-state index contributed by atoms with van der Waals surface area (Å²) >= 11 is 0. The minimum Gasteiger partial charge on any atom is -0.361 e. The van der Waals surface area contributed by atoms with E-state index in [1.54, 1.807) is 6.08 Å². The van der Waals surface area contributed by atoms with Crippen LogP contribution in [-0.4, -0.2) is 10.5 Å². The van der Waals surface area contributed by atoms with E-state index in [1.165, 1.54) is 0 Å². The Morgan fingerprint density at radius 3 is 2.44 bits per heavy atom. The van der Waals surface area contributed by atoms with Crippen LogP contribution < -0.4 is 0 Å². The fraction of sp³-hybridized carbons (Fsp3) is 0.0833. The number of nitrogens with zero attached hydrogens (tertiary/aromatic N) is 2. The zero-order valence-electron chi connectivity index (χ0n) is 9.29. The number of halogens is 2. The van der Waals surface area contributed by atoms with Gasteiger partial charge in [-0.1, -0.05) is 24.3 Å². The molecule has 1 aliphatic carbocycles. The Labute approximate surface area is 120 Å². The first kappa shape index (κ1) is 13.8. The van der Waals surface area contributed by atoms with E-state index in [0.29, 0.717) is 12.1 Å². The summed E-state index contributed by atoms with van der Waals surface area (Å²) in [4.78, 5) is 5.16. The lowest BCUT2D eigenvalue weighted by Gasteiger charge is -2.31. The van der Waals surface area contributed by atoms with E-state index >= 15 is 0 Å². The molecule has 0 aliphatic heterocycles. The summed E-state index contributed by atoms with van der Waals surface area (Å²) in [5.41, 5.74) is 9.32. The highest BCUT2D eigenvalue weighted by Crippen LogP contribution is 2.77. The first-order valence-electron chi connectivity index (χ1n) is 5.18. The summed E-state index contributed by atoms with van der Waals surface area (Å²) < 4.78 is 0. The van der Waals surface area contributed by atoms with Crippen LogP contribution in [0.1, 0.15) is 6.42 Å². The molecule has 1 aromatic rings. The zero-order valence-corrected chi connectivity index (χ0v) is 12.4. The molecule has 18 heavy (non-hydrogen) atoms. The highest BCUT2D eigenvalue weighted by Gasteiger charge is 2.29. The Morgan fingerprint density at radius 1 is 1.22 bits per heavy atom. The number of hydrogen-bond donors (Lipinski definition) is 0. The monoisotopic (exact) mass is 316 g/mol. The highest BCUT2D eigenvalue weighted by atomic mass is 35.8. The van der Waals surface area contributed by atoms with E-state index in [-0.39, 0.29) is 0 Å². The Balaban J connectivity index is 2.38. The lowest BCUT2D eigenvalue weighted by Crippen LogP contribution is -2.01. The smallest absolute Gasteiger partial charge is 0.295 e. The van der Waals surface area contributed by atoms with Crippen molar-refractivity contribution >= 4 is 45.4 Å². The van der Waals surface area contributed by atoms with Crippen molar-refractivity contribution in [2.24, 2.45) is 0 Å². The summed E-state index contributed by atoms with van der Waals surface area (Å²) in [6.07, 6.45) is 6.15. The standard InChI is InChI=1S/C12H10Cl2N2S2/c13-17-18(14,11-4-2-1-3-5-11)12-8-6-10(16-15)7-9-12/h1-6,8-9H,7H2. The van der Waals surface area contributed by atoms with Gasteiger partial charge in [0.05, 0.1) is 6.42 Å². The third-order valence-corrected chi connectivity index (χ3v) is 10.1. The summed E-state index contributed by atoms with van der Waals surface area (Å²) in [6.45, 7) is 0. The number of hydrogen-bond acceptors (Lipinski definition) is 1. The normalized spacial score (nSPS) is 19.7. The molecule has 0 heterocycles. The minimum atomic E-state index is -1.80. The van der Waals surface area contributed by atoms with Crippen molar-refractivity contribution < 1.29 is 4.79 Å². The maximum atomic E-state index is 8.70. The van der Waals surface area contributed by atoms with Crippen LogP contribution in [0.2, 0.25) is 0 Å². The minimum absolute atomic E-state index is 0.564. The van der Waals surface area contributed by atoms with Gasteiger partial charge in [-0.15, -0.1) is 0 Å². The maximum Gasteiger partial charge on any atom is 0.295 e. The second kappa shape index (κ2) is 6.00. The second-order valence-electron chi connectivity index (χ2n) is 3.60. The first-order valence-corrected chi connectivity index (χ1v) is 9.80. The lowest BCUT2D eigenvalue weighted by atomic mass is 10.2. The molecule has 1 atom stereocenters. The molecular weight excluding hydrogens is 307 g/mol. The van der Waals surface area contributed by atoms with Gasteiger partial charge in [-0.3, -0.25) is 0 Å². The molecule has 0 spiro atoms. The number of benzene rings is 1. The van der Waals surface area contributed by atoms with E-state index < -0.39 is 8.27 Å². The van der Waals surface area contributed by atoms with Crippen LogP contribution in [0, 0.1) is 0 Å². The predicted molar refractivity (Wildman–Crippen MR) is 82.1 cm³/mol. The fourth-order valence-corrected chi connectivity index (χ4v) is 6.16. The van der Waals surface area contributed by atoms with Gasteiger partial charge in [0, 0.05) is 25.9 Å². The van der Waals surface area contributed by atoms with Gasteiger partial charge in [0.15, 0.2) is 0 Å². The SMILES string of the molecule is [N-]=[N+]=C1C=CC(S(Cl)(SCl)c2ccccc2)=CC1.